The van der Waals surface area contributed by atoms with E-state index >= 15 is 0 Å². The fraction of sp³-hybridized carbons (Fsp3) is 0.929. The highest BCUT2D eigenvalue weighted by Crippen LogP contribution is 2.16. The van der Waals surface area contributed by atoms with Gasteiger partial charge in [0.15, 0.2) is 0 Å². The van der Waals surface area contributed by atoms with E-state index in [1.165, 1.54) is 4.31 Å². The summed E-state index contributed by atoms with van der Waals surface area (Å²) in [7, 11) is -1.71. The number of piperazine rings is 1. The molecule has 1 rings (SSSR count). The molecule has 138 valence electrons. The average molecular weight is 372 g/mol. The van der Waals surface area contributed by atoms with Crippen molar-refractivity contribution in [1.82, 2.24) is 9.21 Å². The van der Waals surface area contributed by atoms with E-state index in [4.69, 9.17) is 10.5 Å². The fourth-order valence-corrected chi connectivity index (χ4v) is 4.13. The largest absolute Gasteiger partial charge is 0.385 e. The number of amides is 1. The second-order valence-electron chi connectivity index (χ2n) is 6.02. The van der Waals surface area contributed by atoms with Crippen LogP contribution in [0.3, 0.4) is 0 Å². The highest BCUT2D eigenvalue weighted by molar-refractivity contribution is 7.89. The number of carbonyl (C=O) groups is 1. The number of methoxy groups -OCH3 is 1. The third-order valence-electron chi connectivity index (χ3n) is 3.93. The van der Waals surface area contributed by atoms with E-state index in [9.17, 15) is 13.2 Å². The summed E-state index contributed by atoms with van der Waals surface area (Å²) in [6.07, 6.45) is 1.95. The zero-order valence-electron chi connectivity index (χ0n) is 14.3. The number of rotatable bonds is 8. The van der Waals surface area contributed by atoms with Gasteiger partial charge >= 0.3 is 0 Å². The molecule has 1 saturated heterocycles. The summed E-state index contributed by atoms with van der Waals surface area (Å²) in [4.78, 5) is 14.1. The lowest BCUT2D eigenvalue weighted by Gasteiger charge is -2.38. The first kappa shape index (κ1) is 22.6. The quantitative estimate of drug-likeness (QED) is 0.625. The minimum absolute atomic E-state index is 0. The maximum atomic E-state index is 12.4. The maximum Gasteiger partial charge on any atom is 0.242 e. The molecule has 1 aliphatic rings. The molecule has 1 amide bonds. The molecule has 1 fully saturated rings. The molecule has 0 radical (unpaired) electrons. The molecule has 2 N–H and O–H groups in total. The highest BCUT2D eigenvalue weighted by Gasteiger charge is 2.35. The van der Waals surface area contributed by atoms with Gasteiger partial charge in [0.05, 0.1) is 11.3 Å². The first-order valence-corrected chi connectivity index (χ1v) is 9.40. The lowest BCUT2D eigenvalue weighted by Crippen LogP contribution is -2.58. The first-order valence-electron chi connectivity index (χ1n) is 7.79. The minimum Gasteiger partial charge on any atom is -0.385 e. The minimum atomic E-state index is -3.27. The van der Waals surface area contributed by atoms with Crippen molar-refractivity contribution in [3.05, 3.63) is 0 Å². The SMILES string of the molecule is CCCC(C)(N)C(=O)N1CCN(S(=O)(=O)CCCOC)CC1.Cl. The zero-order chi connectivity index (χ0) is 16.8. The van der Waals surface area contributed by atoms with Crippen molar-refractivity contribution in [1.29, 1.82) is 0 Å². The van der Waals surface area contributed by atoms with Gasteiger partial charge in [0, 0.05) is 39.9 Å². The number of nitrogens with two attached hydrogens (primary N) is 1. The summed E-state index contributed by atoms with van der Waals surface area (Å²) < 4.78 is 30.7. The molecule has 1 aliphatic heterocycles. The average Bonchev–Trinajstić information content (AvgIpc) is 2.46. The third-order valence-corrected chi connectivity index (χ3v) is 5.88. The van der Waals surface area contributed by atoms with Crippen LogP contribution in [-0.2, 0) is 19.6 Å². The Morgan fingerprint density at radius 3 is 2.30 bits per heavy atom. The molecule has 0 aromatic rings. The van der Waals surface area contributed by atoms with E-state index in [-0.39, 0.29) is 24.1 Å². The van der Waals surface area contributed by atoms with E-state index in [0.717, 1.165) is 6.42 Å². The van der Waals surface area contributed by atoms with Gasteiger partial charge in [0.2, 0.25) is 15.9 Å². The van der Waals surface area contributed by atoms with Crippen LogP contribution in [0.4, 0.5) is 0 Å². The van der Waals surface area contributed by atoms with E-state index in [2.05, 4.69) is 0 Å². The number of halogens is 1. The molecule has 0 saturated carbocycles. The first-order chi connectivity index (χ1) is 10.2. The lowest BCUT2D eigenvalue weighted by molar-refractivity contribution is -0.137. The molecule has 0 aliphatic carbocycles. The summed E-state index contributed by atoms with van der Waals surface area (Å²) in [5, 5.41) is 0. The van der Waals surface area contributed by atoms with Crippen LogP contribution in [-0.4, -0.2) is 74.7 Å². The molecule has 0 spiro atoms. The molecule has 0 aromatic carbocycles. The van der Waals surface area contributed by atoms with Gasteiger partial charge in [-0.05, 0) is 19.8 Å². The Hall–Kier alpha value is -0.410. The van der Waals surface area contributed by atoms with Gasteiger partial charge in [-0.3, -0.25) is 4.79 Å². The third kappa shape index (κ3) is 6.54. The number of carbonyl (C=O) groups excluding carboxylic acids is 1. The van der Waals surface area contributed by atoms with E-state index in [1.54, 1.807) is 18.9 Å². The van der Waals surface area contributed by atoms with Crippen molar-refractivity contribution in [2.24, 2.45) is 5.73 Å². The molecule has 7 nitrogen and oxygen atoms in total. The molecule has 0 aromatic heterocycles. The summed E-state index contributed by atoms with van der Waals surface area (Å²) in [5.74, 6) is -0.00930. The number of sulfonamides is 1. The van der Waals surface area contributed by atoms with Crippen molar-refractivity contribution in [2.75, 3.05) is 45.6 Å². The summed E-state index contributed by atoms with van der Waals surface area (Å²) in [6, 6.07) is 0. The highest BCUT2D eigenvalue weighted by atomic mass is 35.5. The molecule has 0 bridgehead atoms. The van der Waals surface area contributed by atoms with Crippen LogP contribution in [0, 0.1) is 0 Å². The standard InChI is InChI=1S/C14H29N3O4S.ClH/c1-4-6-14(2,15)13(18)16-7-9-17(10-8-16)22(19,20)12-5-11-21-3;/h4-12,15H2,1-3H3;1H. The Bertz CT molecular complexity index is 463. The lowest BCUT2D eigenvalue weighted by atomic mass is 9.95. The van der Waals surface area contributed by atoms with Crippen LogP contribution in [0.25, 0.3) is 0 Å². The maximum absolute atomic E-state index is 12.4. The molecule has 1 unspecified atom stereocenters. The monoisotopic (exact) mass is 371 g/mol. The number of nitrogens with zero attached hydrogens (tertiary/aromatic N) is 2. The zero-order valence-corrected chi connectivity index (χ0v) is 15.9. The Balaban J connectivity index is 0.00000484. The molecule has 23 heavy (non-hydrogen) atoms. The summed E-state index contributed by atoms with van der Waals surface area (Å²) in [5.41, 5.74) is 5.20. The predicted molar refractivity (Wildman–Crippen MR) is 93.2 cm³/mol. The van der Waals surface area contributed by atoms with Crippen molar-refractivity contribution < 1.29 is 17.9 Å². The van der Waals surface area contributed by atoms with Gasteiger partial charge in [-0.15, -0.1) is 12.4 Å². The number of hydrogen-bond acceptors (Lipinski definition) is 5. The second kappa shape index (κ2) is 9.78. The number of hydrogen-bond donors (Lipinski definition) is 1. The van der Waals surface area contributed by atoms with Crippen LogP contribution >= 0.6 is 12.4 Å². The van der Waals surface area contributed by atoms with E-state index in [0.29, 0.717) is 45.6 Å². The Labute approximate surface area is 146 Å². The van der Waals surface area contributed by atoms with E-state index < -0.39 is 15.6 Å². The second-order valence-corrected chi connectivity index (χ2v) is 8.11. The molecule has 9 heteroatoms. The van der Waals surface area contributed by atoms with Gasteiger partial charge in [0.1, 0.15) is 0 Å². The van der Waals surface area contributed by atoms with Gasteiger partial charge < -0.3 is 15.4 Å². The number of ether oxygens (including phenoxy) is 1. The molecule has 1 atom stereocenters. The van der Waals surface area contributed by atoms with Crippen LogP contribution in [0.5, 0.6) is 0 Å². The smallest absolute Gasteiger partial charge is 0.242 e. The van der Waals surface area contributed by atoms with Gasteiger partial charge in [-0.1, -0.05) is 13.3 Å². The van der Waals surface area contributed by atoms with Crippen molar-refractivity contribution in [3.8, 4) is 0 Å². The fourth-order valence-electron chi connectivity index (χ4n) is 2.67. The molecular weight excluding hydrogens is 342 g/mol. The van der Waals surface area contributed by atoms with Crippen LogP contribution in [0.15, 0.2) is 0 Å². The summed E-state index contributed by atoms with van der Waals surface area (Å²) >= 11 is 0. The normalized spacial score (nSPS) is 19.0. The molecular formula is C14H30ClN3O4S. The van der Waals surface area contributed by atoms with Gasteiger partial charge in [-0.25, -0.2) is 8.42 Å². The van der Waals surface area contributed by atoms with E-state index in [1.807, 2.05) is 6.92 Å². The van der Waals surface area contributed by atoms with Crippen molar-refractivity contribution in [2.45, 2.75) is 38.6 Å². The van der Waals surface area contributed by atoms with Gasteiger partial charge in [-0.2, -0.15) is 4.31 Å². The Morgan fingerprint density at radius 1 is 1.26 bits per heavy atom. The van der Waals surface area contributed by atoms with Crippen molar-refractivity contribution >= 4 is 28.3 Å². The summed E-state index contributed by atoms with van der Waals surface area (Å²) in [6.45, 7) is 5.64. The predicted octanol–water partition coefficient (Wildman–Crippen LogP) is 0.436. The molecule has 1 heterocycles. The topological polar surface area (TPSA) is 92.9 Å². The van der Waals surface area contributed by atoms with Crippen LogP contribution in [0.2, 0.25) is 0 Å². The Morgan fingerprint density at radius 2 is 1.83 bits per heavy atom. The Kier molecular flexibility index (Phi) is 9.61. The van der Waals surface area contributed by atoms with Crippen LogP contribution < -0.4 is 5.73 Å². The van der Waals surface area contributed by atoms with Crippen LogP contribution in [0.1, 0.15) is 33.1 Å². The van der Waals surface area contributed by atoms with Crippen molar-refractivity contribution in [3.63, 3.8) is 0 Å². The van der Waals surface area contributed by atoms with Gasteiger partial charge in [0.25, 0.3) is 0 Å².